The molecule has 1 fully saturated rings. The topological polar surface area (TPSA) is 38.8 Å². The van der Waals surface area contributed by atoms with Gasteiger partial charge in [-0.3, -0.25) is 4.79 Å². The summed E-state index contributed by atoms with van der Waals surface area (Å²) in [7, 11) is 0. The molecule has 98 valence electrons. The van der Waals surface area contributed by atoms with Gasteiger partial charge in [0.25, 0.3) is 0 Å². The van der Waals surface area contributed by atoms with E-state index < -0.39 is 9.39 Å². The van der Waals surface area contributed by atoms with Crippen molar-refractivity contribution < 1.29 is 14.3 Å². The lowest BCUT2D eigenvalue weighted by Crippen LogP contribution is -2.18. The van der Waals surface area contributed by atoms with E-state index in [9.17, 15) is 4.79 Å². The van der Waals surface area contributed by atoms with Crippen LogP contribution in [-0.2, 0) is 15.1 Å². The van der Waals surface area contributed by atoms with Crippen LogP contribution in [0.3, 0.4) is 0 Å². The highest BCUT2D eigenvalue weighted by atomic mass is 35.6. The number of hydrogen-bond acceptors (Lipinski definition) is 3. The molecule has 0 aliphatic carbocycles. The summed E-state index contributed by atoms with van der Waals surface area (Å²) in [5, 5.41) is 0. The summed E-state index contributed by atoms with van der Waals surface area (Å²) in [6, 6.07) is 7.26. The van der Waals surface area contributed by atoms with Crippen LogP contribution in [-0.4, -0.2) is 23.3 Å². The maximum atomic E-state index is 10.3. The van der Waals surface area contributed by atoms with Crippen LogP contribution >= 0.6 is 34.8 Å². The van der Waals surface area contributed by atoms with Gasteiger partial charge in [0, 0.05) is 6.42 Å². The Morgan fingerprint density at radius 3 is 2.72 bits per heavy atom. The van der Waals surface area contributed by atoms with Crippen LogP contribution in [0.5, 0.6) is 5.75 Å². The summed E-state index contributed by atoms with van der Waals surface area (Å²) in [6.45, 7) is 0.528. The van der Waals surface area contributed by atoms with Gasteiger partial charge in [-0.15, -0.1) is 0 Å². The molecule has 1 heterocycles. The molecular formula is C12H11Cl3O3. The molecule has 1 aromatic carbocycles. The van der Waals surface area contributed by atoms with Crippen LogP contribution in [0, 0.1) is 0 Å². The highest BCUT2D eigenvalue weighted by Crippen LogP contribution is 2.50. The molecule has 1 aromatic rings. The van der Waals surface area contributed by atoms with Crippen LogP contribution in [0.1, 0.15) is 12.0 Å². The van der Waals surface area contributed by atoms with Crippen molar-refractivity contribution in [3.8, 4) is 5.75 Å². The molecule has 1 atom stereocenters. The van der Waals surface area contributed by atoms with Crippen molar-refractivity contribution in [1.29, 1.82) is 0 Å². The van der Waals surface area contributed by atoms with Crippen LogP contribution in [0.25, 0.3) is 0 Å². The largest absolute Gasteiger partial charge is 0.486 e. The molecule has 18 heavy (non-hydrogen) atoms. The van der Waals surface area contributed by atoms with Gasteiger partial charge in [0.1, 0.15) is 18.0 Å². The van der Waals surface area contributed by atoms with Crippen molar-refractivity contribution in [3.63, 3.8) is 0 Å². The van der Waals surface area contributed by atoms with E-state index in [0.717, 1.165) is 5.56 Å². The summed E-state index contributed by atoms with van der Waals surface area (Å²) in [6.07, 6.45) is 0.971. The van der Waals surface area contributed by atoms with Crippen molar-refractivity contribution in [1.82, 2.24) is 0 Å². The molecule has 1 unspecified atom stereocenters. The highest BCUT2D eigenvalue weighted by molar-refractivity contribution is 6.67. The first-order chi connectivity index (χ1) is 8.45. The zero-order chi connectivity index (χ0) is 13.2. The Morgan fingerprint density at radius 1 is 1.44 bits per heavy atom. The molecule has 0 spiro atoms. The zero-order valence-electron chi connectivity index (χ0n) is 9.37. The standard InChI is InChI=1S/C12H11Cl3O3/c13-12(14,15)7-11(8-18-11)9-2-1-3-10(6-9)17-5-4-16/h1-4,6H,5,7-8H2. The molecule has 2 rings (SSSR count). The molecule has 1 saturated heterocycles. The van der Waals surface area contributed by atoms with Gasteiger partial charge in [0.05, 0.1) is 6.61 Å². The smallest absolute Gasteiger partial charge is 0.193 e. The van der Waals surface area contributed by atoms with E-state index in [4.69, 9.17) is 44.3 Å². The number of rotatable bonds is 5. The maximum absolute atomic E-state index is 10.3. The zero-order valence-corrected chi connectivity index (χ0v) is 11.6. The summed E-state index contributed by atoms with van der Waals surface area (Å²) < 4.78 is 9.30. The summed E-state index contributed by atoms with van der Waals surface area (Å²) in [5.74, 6) is 0.596. The first-order valence-corrected chi connectivity index (χ1v) is 6.46. The average Bonchev–Trinajstić information content (AvgIpc) is 3.05. The first kappa shape index (κ1) is 13.9. The number of hydrogen-bond donors (Lipinski definition) is 0. The van der Waals surface area contributed by atoms with Crippen LogP contribution in [0.2, 0.25) is 0 Å². The quantitative estimate of drug-likeness (QED) is 0.476. The van der Waals surface area contributed by atoms with Crippen molar-refractivity contribution in [2.45, 2.75) is 15.8 Å². The Balaban J connectivity index is 2.15. The fourth-order valence-corrected chi connectivity index (χ4v) is 2.43. The Hall–Kier alpha value is -0.480. The predicted octanol–water partition coefficient (Wildman–Crippen LogP) is 3.25. The second-order valence-corrected chi connectivity index (χ2v) is 6.60. The van der Waals surface area contributed by atoms with E-state index in [1.807, 2.05) is 12.1 Å². The lowest BCUT2D eigenvalue weighted by Gasteiger charge is -2.18. The van der Waals surface area contributed by atoms with Gasteiger partial charge < -0.3 is 9.47 Å². The van der Waals surface area contributed by atoms with E-state index in [-0.39, 0.29) is 13.0 Å². The number of alkyl halides is 3. The first-order valence-electron chi connectivity index (χ1n) is 5.33. The molecule has 0 amide bonds. The highest BCUT2D eigenvalue weighted by Gasteiger charge is 2.51. The van der Waals surface area contributed by atoms with E-state index in [0.29, 0.717) is 18.6 Å². The molecule has 0 radical (unpaired) electrons. The number of ether oxygens (including phenoxy) is 2. The van der Waals surface area contributed by atoms with Gasteiger partial charge in [-0.1, -0.05) is 46.9 Å². The third-order valence-electron chi connectivity index (χ3n) is 2.66. The second-order valence-electron chi connectivity index (χ2n) is 4.08. The lowest BCUT2D eigenvalue weighted by molar-refractivity contribution is -0.109. The summed E-state index contributed by atoms with van der Waals surface area (Å²) in [4.78, 5) is 10.3. The van der Waals surface area contributed by atoms with Crippen LogP contribution in [0.4, 0.5) is 0 Å². The number of benzene rings is 1. The Labute approximate surface area is 120 Å². The Morgan fingerprint density at radius 2 is 2.17 bits per heavy atom. The minimum Gasteiger partial charge on any atom is -0.486 e. The van der Waals surface area contributed by atoms with Crippen LogP contribution < -0.4 is 4.74 Å². The Bertz CT molecular complexity index is 438. The summed E-state index contributed by atoms with van der Waals surface area (Å²) in [5.41, 5.74) is 0.337. The van der Waals surface area contributed by atoms with E-state index in [2.05, 4.69) is 0 Å². The third kappa shape index (κ3) is 3.51. The fourth-order valence-electron chi connectivity index (χ4n) is 1.78. The van der Waals surface area contributed by atoms with Gasteiger partial charge in [-0.05, 0) is 17.7 Å². The summed E-state index contributed by atoms with van der Waals surface area (Å²) >= 11 is 17.4. The molecule has 0 N–H and O–H groups in total. The van der Waals surface area contributed by atoms with Crippen molar-refractivity contribution in [2.24, 2.45) is 0 Å². The molecule has 0 aromatic heterocycles. The second kappa shape index (κ2) is 5.25. The van der Waals surface area contributed by atoms with Gasteiger partial charge in [-0.2, -0.15) is 0 Å². The van der Waals surface area contributed by atoms with Gasteiger partial charge in [0.2, 0.25) is 0 Å². The SMILES string of the molecule is O=CCOc1cccc(C2(CC(Cl)(Cl)Cl)CO2)c1. The number of carbonyl (C=O) groups excluding carboxylic acids is 1. The van der Waals surface area contributed by atoms with E-state index >= 15 is 0 Å². The molecule has 0 bridgehead atoms. The van der Waals surface area contributed by atoms with Crippen molar-refractivity contribution >= 4 is 41.1 Å². The number of epoxide rings is 1. The minimum absolute atomic E-state index is 0.0156. The predicted molar refractivity (Wildman–Crippen MR) is 70.5 cm³/mol. The molecule has 1 aliphatic rings. The lowest BCUT2D eigenvalue weighted by atomic mass is 9.97. The Kier molecular flexibility index (Phi) is 4.07. The van der Waals surface area contributed by atoms with Crippen LogP contribution in [0.15, 0.2) is 24.3 Å². The average molecular weight is 310 g/mol. The minimum atomic E-state index is -1.36. The van der Waals surface area contributed by atoms with Gasteiger partial charge in [0.15, 0.2) is 10.1 Å². The number of halogens is 3. The normalized spacial score (nSPS) is 22.6. The van der Waals surface area contributed by atoms with Gasteiger partial charge >= 0.3 is 0 Å². The third-order valence-corrected chi connectivity index (χ3v) is 3.06. The maximum Gasteiger partial charge on any atom is 0.193 e. The molecule has 6 heteroatoms. The fraction of sp³-hybridized carbons (Fsp3) is 0.417. The molecule has 1 aliphatic heterocycles. The molecular weight excluding hydrogens is 298 g/mol. The number of carbonyl (C=O) groups is 1. The van der Waals surface area contributed by atoms with Crippen molar-refractivity contribution in [3.05, 3.63) is 29.8 Å². The van der Waals surface area contributed by atoms with Crippen molar-refractivity contribution in [2.75, 3.05) is 13.2 Å². The van der Waals surface area contributed by atoms with E-state index in [1.165, 1.54) is 0 Å². The van der Waals surface area contributed by atoms with Gasteiger partial charge in [-0.25, -0.2) is 0 Å². The molecule has 0 saturated carbocycles. The monoisotopic (exact) mass is 308 g/mol. The van der Waals surface area contributed by atoms with E-state index in [1.54, 1.807) is 12.1 Å². The molecule has 3 nitrogen and oxygen atoms in total. The number of aldehydes is 1.